The monoisotopic (exact) mass is 361 g/mol. The number of rotatable bonds is 1. The summed E-state index contributed by atoms with van der Waals surface area (Å²) in [7, 11) is 0. The Hall–Kier alpha value is -2.43. The van der Waals surface area contributed by atoms with Crippen LogP contribution in [0.1, 0.15) is 14.6 Å². The lowest BCUT2D eigenvalue weighted by atomic mass is 10.2. The van der Waals surface area contributed by atoms with E-state index in [9.17, 15) is 8.78 Å². The molecule has 3 heterocycles. The molecular formula is C17H9F2NO2S2. The van der Waals surface area contributed by atoms with E-state index in [-0.39, 0.29) is 11.5 Å². The van der Waals surface area contributed by atoms with E-state index in [4.69, 9.17) is 0 Å². The van der Waals surface area contributed by atoms with Gasteiger partial charge in [0.05, 0.1) is 16.0 Å². The summed E-state index contributed by atoms with van der Waals surface area (Å²) in [5.41, 5.74) is 0.681. The maximum Gasteiger partial charge on any atom is 0.586 e. The molecule has 0 atom stereocenters. The van der Waals surface area contributed by atoms with Crippen LogP contribution in [0, 0.1) is 18.8 Å². The molecule has 0 unspecified atom stereocenters. The number of benzene rings is 1. The Morgan fingerprint density at radius 1 is 1.00 bits per heavy atom. The molecule has 3 aromatic rings. The summed E-state index contributed by atoms with van der Waals surface area (Å²) >= 11 is 3.03. The molecule has 0 aliphatic carbocycles. The molecule has 120 valence electrons. The number of hydrogen-bond acceptors (Lipinski definition) is 5. The number of aryl methyl sites for hydroxylation is 1. The Morgan fingerprint density at radius 2 is 1.79 bits per heavy atom. The highest BCUT2D eigenvalue weighted by Crippen LogP contribution is 2.43. The second kappa shape index (κ2) is 5.58. The number of fused-ring (bicyclic) bond motifs is 1. The topological polar surface area (TPSA) is 31.4 Å². The predicted octanol–water partition coefficient (Wildman–Crippen LogP) is 4.90. The molecule has 3 nitrogen and oxygen atoms in total. The van der Waals surface area contributed by atoms with Gasteiger partial charge in [-0.3, -0.25) is 0 Å². The molecule has 4 rings (SSSR count). The molecule has 2 aromatic heterocycles. The average Bonchev–Trinajstić information content (AvgIpc) is 3.21. The summed E-state index contributed by atoms with van der Waals surface area (Å²) in [5, 5.41) is 0.684. The summed E-state index contributed by atoms with van der Waals surface area (Å²) in [5.74, 6) is 6.19. The van der Waals surface area contributed by atoms with Crippen LogP contribution in [0.2, 0.25) is 0 Å². The van der Waals surface area contributed by atoms with E-state index in [1.54, 1.807) is 23.6 Å². The third kappa shape index (κ3) is 2.98. The molecule has 24 heavy (non-hydrogen) atoms. The number of halogens is 2. The van der Waals surface area contributed by atoms with Crippen molar-refractivity contribution >= 4 is 22.7 Å². The predicted molar refractivity (Wildman–Crippen MR) is 88.8 cm³/mol. The van der Waals surface area contributed by atoms with E-state index < -0.39 is 6.29 Å². The second-order valence-corrected chi connectivity index (χ2v) is 7.34. The second-order valence-electron chi connectivity index (χ2n) is 5.02. The van der Waals surface area contributed by atoms with Crippen molar-refractivity contribution in [3.05, 3.63) is 51.2 Å². The summed E-state index contributed by atoms with van der Waals surface area (Å²) in [4.78, 5) is 7.31. The van der Waals surface area contributed by atoms with Crippen molar-refractivity contribution in [1.29, 1.82) is 0 Å². The van der Waals surface area contributed by atoms with Gasteiger partial charge >= 0.3 is 6.29 Å². The molecule has 0 N–H and O–H groups in total. The first-order valence-electron chi connectivity index (χ1n) is 6.93. The molecule has 0 amide bonds. The van der Waals surface area contributed by atoms with E-state index in [2.05, 4.69) is 26.3 Å². The molecule has 0 spiro atoms. The van der Waals surface area contributed by atoms with Crippen molar-refractivity contribution in [1.82, 2.24) is 4.98 Å². The van der Waals surface area contributed by atoms with Gasteiger partial charge in [-0.05, 0) is 49.1 Å². The van der Waals surface area contributed by atoms with Gasteiger partial charge in [0, 0.05) is 10.4 Å². The number of nitrogens with zero attached hydrogens (tertiary/aromatic N) is 1. The first-order chi connectivity index (χ1) is 11.5. The molecule has 0 bridgehead atoms. The SMILES string of the molecule is Cc1ccc(C#Cc2cnc(-c3ccc4c(c3)OC(F)(F)O4)s2)s1. The lowest BCUT2D eigenvalue weighted by Gasteiger charge is -2.04. The fraction of sp³-hybridized carbons (Fsp3) is 0.118. The van der Waals surface area contributed by atoms with Gasteiger partial charge in [-0.1, -0.05) is 0 Å². The summed E-state index contributed by atoms with van der Waals surface area (Å²) in [6.07, 6.45) is -1.94. The number of thiophene rings is 1. The number of ether oxygens (including phenoxy) is 2. The van der Waals surface area contributed by atoms with Gasteiger partial charge < -0.3 is 9.47 Å². The van der Waals surface area contributed by atoms with Gasteiger partial charge in [0.15, 0.2) is 11.5 Å². The molecule has 0 radical (unpaired) electrons. The molecule has 0 fully saturated rings. The molecule has 0 saturated heterocycles. The highest BCUT2D eigenvalue weighted by atomic mass is 32.1. The normalized spacial score (nSPS) is 14.3. The van der Waals surface area contributed by atoms with Crippen LogP contribution in [-0.4, -0.2) is 11.3 Å². The molecule has 1 aliphatic rings. The summed E-state index contributed by atoms with van der Waals surface area (Å²) in [6, 6.07) is 8.62. The minimum absolute atomic E-state index is 0.00870. The van der Waals surface area contributed by atoms with Crippen LogP contribution in [0.4, 0.5) is 8.78 Å². The Kier molecular flexibility index (Phi) is 3.52. The molecule has 7 heteroatoms. The van der Waals surface area contributed by atoms with Crippen LogP contribution in [0.5, 0.6) is 11.5 Å². The van der Waals surface area contributed by atoms with Crippen molar-refractivity contribution in [3.63, 3.8) is 0 Å². The average molecular weight is 361 g/mol. The van der Waals surface area contributed by atoms with Crippen LogP contribution in [-0.2, 0) is 0 Å². The zero-order chi connectivity index (χ0) is 16.7. The maximum absolute atomic E-state index is 13.1. The van der Waals surface area contributed by atoms with E-state index in [0.29, 0.717) is 10.6 Å². The molecule has 1 aliphatic heterocycles. The van der Waals surface area contributed by atoms with Crippen LogP contribution < -0.4 is 9.47 Å². The zero-order valence-corrected chi connectivity index (χ0v) is 13.9. The Balaban J connectivity index is 1.59. The summed E-state index contributed by atoms with van der Waals surface area (Å²) in [6.45, 7) is 2.03. The highest BCUT2D eigenvalue weighted by molar-refractivity contribution is 7.15. The standard InChI is InChI=1S/C17H9F2NO2S2/c1-10-2-4-12(23-10)5-6-13-9-20-16(24-13)11-3-7-14-15(8-11)22-17(18,19)21-14/h2-4,7-9H,1H3. The van der Waals surface area contributed by atoms with Gasteiger partial charge in [-0.15, -0.1) is 31.5 Å². The fourth-order valence-corrected chi connectivity index (χ4v) is 3.66. The van der Waals surface area contributed by atoms with Crippen LogP contribution in [0.15, 0.2) is 36.5 Å². The zero-order valence-electron chi connectivity index (χ0n) is 12.3. The highest BCUT2D eigenvalue weighted by Gasteiger charge is 2.43. The van der Waals surface area contributed by atoms with Gasteiger partial charge in [-0.25, -0.2) is 4.98 Å². The number of hydrogen-bond donors (Lipinski definition) is 0. The van der Waals surface area contributed by atoms with Crippen molar-refractivity contribution in [2.75, 3.05) is 0 Å². The van der Waals surface area contributed by atoms with Gasteiger partial charge in [0.2, 0.25) is 0 Å². The first kappa shape index (κ1) is 15.1. The minimum atomic E-state index is -3.61. The van der Waals surface area contributed by atoms with Gasteiger partial charge in [0.1, 0.15) is 5.01 Å². The van der Waals surface area contributed by atoms with Crippen molar-refractivity contribution in [2.24, 2.45) is 0 Å². The largest absolute Gasteiger partial charge is 0.586 e. The van der Waals surface area contributed by atoms with Crippen molar-refractivity contribution < 1.29 is 18.3 Å². The minimum Gasteiger partial charge on any atom is -0.395 e. The van der Waals surface area contributed by atoms with Gasteiger partial charge in [0.25, 0.3) is 0 Å². The Morgan fingerprint density at radius 3 is 2.58 bits per heavy atom. The molecule has 1 aromatic carbocycles. The molecular weight excluding hydrogens is 352 g/mol. The Bertz CT molecular complexity index is 982. The van der Waals surface area contributed by atoms with Crippen LogP contribution >= 0.6 is 22.7 Å². The van der Waals surface area contributed by atoms with Crippen molar-refractivity contribution in [2.45, 2.75) is 13.2 Å². The first-order valence-corrected chi connectivity index (χ1v) is 8.56. The number of alkyl halides is 2. The van der Waals surface area contributed by atoms with E-state index in [1.165, 1.54) is 28.3 Å². The number of aromatic nitrogens is 1. The lowest BCUT2D eigenvalue weighted by molar-refractivity contribution is -0.286. The Labute approximate surface area is 144 Å². The number of thiazole rings is 1. The van der Waals surface area contributed by atoms with E-state index in [1.807, 2.05) is 19.1 Å². The van der Waals surface area contributed by atoms with Crippen LogP contribution in [0.3, 0.4) is 0 Å². The summed E-state index contributed by atoms with van der Waals surface area (Å²) < 4.78 is 35.0. The van der Waals surface area contributed by atoms with E-state index in [0.717, 1.165) is 9.75 Å². The van der Waals surface area contributed by atoms with Crippen LogP contribution in [0.25, 0.3) is 10.6 Å². The maximum atomic E-state index is 13.1. The fourth-order valence-electron chi connectivity index (χ4n) is 2.17. The van der Waals surface area contributed by atoms with Gasteiger partial charge in [-0.2, -0.15) is 0 Å². The third-order valence-electron chi connectivity index (χ3n) is 3.20. The quantitative estimate of drug-likeness (QED) is 0.578. The third-order valence-corrected chi connectivity index (χ3v) is 5.08. The lowest BCUT2D eigenvalue weighted by Crippen LogP contribution is -2.25. The smallest absolute Gasteiger partial charge is 0.395 e. The molecule has 0 saturated carbocycles. The van der Waals surface area contributed by atoms with Crippen molar-refractivity contribution in [3.8, 4) is 33.9 Å². The van der Waals surface area contributed by atoms with E-state index >= 15 is 0 Å².